The van der Waals surface area contributed by atoms with Crippen molar-refractivity contribution in [3.63, 3.8) is 0 Å². The molecular formula is C18H22N4O2. The number of carbonyl (C=O) groups excluding carboxylic acids is 2. The first-order valence-electron chi connectivity index (χ1n) is 8.40. The van der Waals surface area contributed by atoms with Crippen LogP contribution in [0.5, 0.6) is 0 Å². The molecule has 1 aromatic carbocycles. The van der Waals surface area contributed by atoms with E-state index < -0.39 is 0 Å². The molecule has 0 bridgehead atoms. The van der Waals surface area contributed by atoms with Crippen molar-refractivity contribution in [2.75, 3.05) is 5.32 Å². The topological polar surface area (TPSA) is 76.0 Å². The molecule has 6 heteroatoms. The predicted molar refractivity (Wildman–Crippen MR) is 91.8 cm³/mol. The van der Waals surface area contributed by atoms with Gasteiger partial charge in [-0.25, -0.2) is 4.68 Å². The molecule has 126 valence electrons. The van der Waals surface area contributed by atoms with Crippen LogP contribution < -0.4 is 10.6 Å². The Morgan fingerprint density at radius 1 is 1.12 bits per heavy atom. The lowest BCUT2D eigenvalue weighted by Crippen LogP contribution is -2.33. The standard InChI is InChI=1S/C18H22N4O2/c23-17(20-14-5-1-2-6-14)9-10-18(24)21-15-7-3-8-16(13-15)22-12-4-11-19-22/h3-4,7-8,11-14H,1-2,5-6,9-10H2,(H,20,23)(H,21,24). The van der Waals surface area contributed by atoms with Crippen LogP contribution in [0.4, 0.5) is 5.69 Å². The van der Waals surface area contributed by atoms with Gasteiger partial charge in [-0.3, -0.25) is 9.59 Å². The lowest BCUT2D eigenvalue weighted by atomic mass is 10.2. The SMILES string of the molecule is O=C(CCC(=O)NC1CCCC1)Nc1cccc(-n2cccn2)c1. The van der Waals surface area contributed by atoms with E-state index >= 15 is 0 Å². The fourth-order valence-electron chi connectivity index (χ4n) is 2.97. The summed E-state index contributed by atoms with van der Waals surface area (Å²) in [5.41, 5.74) is 1.57. The smallest absolute Gasteiger partial charge is 0.224 e. The second kappa shape index (κ2) is 7.77. The third-order valence-electron chi connectivity index (χ3n) is 4.20. The minimum absolute atomic E-state index is 0.0395. The molecule has 24 heavy (non-hydrogen) atoms. The molecule has 3 rings (SSSR count). The van der Waals surface area contributed by atoms with Crippen LogP contribution in [0.1, 0.15) is 38.5 Å². The van der Waals surface area contributed by atoms with Crippen molar-refractivity contribution in [3.8, 4) is 5.69 Å². The maximum Gasteiger partial charge on any atom is 0.224 e. The molecule has 2 N–H and O–H groups in total. The molecule has 1 aromatic heterocycles. The second-order valence-electron chi connectivity index (χ2n) is 6.10. The average Bonchev–Trinajstić information content (AvgIpc) is 3.27. The zero-order chi connectivity index (χ0) is 16.8. The highest BCUT2D eigenvalue weighted by Crippen LogP contribution is 2.18. The first kappa shape index (κ1) is 16.2. The van der Waals surface area contributed by atoms with Gasteiger partial charge >= 0.3 is 0 Å². The van der Waals surface area contributed by atoms with Gasteiger partial charge in [0.25, 0.3) is 0 Å². The molecular weight excluding hydrogens is 304 g/mol. The van der Waals surface area contributed by atoms with Crippen LogP contribution in [0, 0.1) is 0 Å². The summed E-state index contributed by atoms with van der Waals surface area (Å²) < 4.78 is 1.73. The summed E-state index contributed by atoms with van der Waals surface area (Å²) >= 11 is 0. The molecule has 0 aliphatic heterocycles. The van der Waals surface area contributed by atoms with Gasteiger partial charge in [0, 0.05) is 37.0 Å². The fraction of sp³-hybridized carbons (Fsp3) is 0.389. The molecule has 1 aliphatic rings. The summed E-state index contributed by atoms with van der Waals surface area (Å²) in [5.74, 6) is -0.198. The van der Waals surface area contributed by atoms with Gasteiger partial charge in [-0.2, -0.15) is 5.10 Å². The Hall–Kier alpha value is -2.63. The van der Waals surface area contributed by atoms with Gasteiger partial charge in [0.1, 0.15) is 0 Å². The number of nitrogens with one attached hydrogen (secondary N) is 2. The Balaban J connectivity index is 1.48. The van der Waals surface area contributed by atoms with Crippen molar-refractivity contribution in [2.24, 2.45) is 0 Å². The van der Waals surface area contributed by atoms with Crippen molar-refractivity contribution in [3.05, 3.63) is 42.7 Å². The molecule has 0 saturated heterocycles. The van der Waals surface area contributed by atoms with Gasteiger partial charge in [0.2, 0.25) is 11.8 Å². The molecule has 0 unspecified atom stereocenters. The molecule has 6 nitrogen and oxygen atoms in total. The van der Waals surface area contributed by atoms with Crippen LogP contribution in [-0.4, -0.2) is 27.6 Å². The van der Waals surface area contributed by atoms with Crippen molar-refractivity contribution >= 4 is 17.5 Å². The van der Waals surface area contributed by atoms with Gasteiger partial charge in [-0.05, 0) is 37.1 Å². The molecule has 0 spiro atoms. The summed E-state index contributed by atoms with van der Waals surface area (Å²) in [5, 5.41) is 9.99. The lowest BCUT2D eigenvalue weighted by Gasteiger charge is -2.12. The molecule has 0 radical (unpaired) electrons. The van der Waals surface area contributed by atoms with E-state index in [-0.39, 0.29) is 24.7 Å². The molecule has 1 fully saturated rings. The first-order valence-corrected chi connectivity index (χ1v) is 8.40. The van der Waals surface area contributed by atoms with Crippen LogP contribution in [0.3, 0.4) is 0 Å². The van der Waals surface area contributed by atoms with E-state index in [1.165, 1.54) is 12.8 Å². The highest BCUT2D eigenvalue weighted by molar-refractivity contribution is 5.93. The molecule has 1 saturated carbocycles. The monoisotopic (exact) mass is 326 g/mol. The minimum atomic E-state index is -0.158. The number of aromatic nitrogens is 2. The van der Waals surface area contributed by atoms with Gasteiger partial charge in [0.15, 0.2) is 0 Å². The van der Waals surface area contributed by atoms with Crippen molar-refractivity contribution in [2.45, 2.75) is 44.6 Å². The van der Waals surface area contributed by atoms with Crippen LogP contribution in [0.15, 0.2) is 42.7 Å². The Bertz CT molecular complexity index is 691. The number of amides is 2. The van der Waals surface area contributed by atoms with E-state index in [2.05, 4.69) is 15.7 Å². The van der Waals surface area contributed by atoms with E-state index in [9.17, 15) is 9.59 Å². The normalized spacial score (nSPS) is 14.5. The van der Waals surface area contributed by atoms with Crippen molar-refractivity contribution in [1.29, 1.82) is 0 Å². The van der Waals surface area contributed by atoms with Crippen LogP contribution in [-0.2, 0) is 9.59 Å². The third-order valence-corrected chi connectivity index (χ3v) is 4.20. The van der Waals surface area contributed by atoms with E-state index in [1.54, 1.807) is 10.9 Å². The Labute approximate surface area is 141 Å². The summed E-state index contributed by atoms with van der Waals surface area (Å²) in [6.07, 6.45) is 8.42. The van der Waals surface area contributed by atoms with Crippen LogP contribution in [0.25, 0.3) is 5.69 Å². The predicted octanol–water partition coefficient (Wildman–Crippen LogP) is 2.65. The molecule has 1 heterocycles. The molecule has 2 aromatic rings. The minimum Gasteiger partial charge on any atom is -0.353 e. The van der Waals surface area contributed by atoms with Gasteiger partial charge < -0.3 is 10.6 Å². The number of nitrogens with zero attached hydrogens (tertiary/aromatic N) is 2. The third kappa shape index (κ3) is 4.44. The number of benzene rings is 1. The number of hydrogen-bond acceptors (Lipinski definition) is 3. The largest absolute Gasteiger partial charge is 0.353 e. The van der Waals surface area contributed by atoms with Gasteiger partial charge in [-0.1, -0.05) is 18.9 Å². The molecule has 0 atom stereocenters. The molecule has 2 amide bonds. The molecule has 1 aliphatic carbocycles. The van der Waals surface area contributed by atoms with E-state index in [4.69, 9.17) is 0 Å². The van der Waals surface area contributed by atoms with E-state index in [0.717, 1.165) is 18.5 Å². The summed E-state index contributed by atoms with van der Waals surface area (Å²) in [6.45, 7) is 0. The van der Waals surface area contributed by atoms with Crippen molar-refractivity contribution in [1.82, 2.24) is 15.1 Å². The quantitative estimate of drug-likeness (QED) is 0.857. The van der Waals surface area contributed by atoms with Gasteiger partial charge in [0.05, 0.1) is 5.69 Å². The number of carbonyl (C=O) groups is 2. The van der Waals surface area contributed by atoms with E-state index in [0.29, 0.717) is 11.7 Å². The second-order valence-corrected chi connectivity index (χ2v) is 6.10. The van der Waals surface area contributed by atoms with Crippen LogP contribution in [0.2, 0.25) is 0 Å². The maximum atomic E-state index is 12.0. The summed E-state index contributed by atoms with van der Waals surface area (Å²) in [6, 6.07) is 9.59. The first-order chi connectivity index (χ1) is 11.7. The Morgan fingerprint density at radius 3 is 2.67 bits per heavy atom. The van der Waals surface area contributed by atoms with E-state index in [1.807, 2.05) is 36.5 Å². The van der Waals surface area contributed by atoms with Gasteiger partial charge in [-0.15, -0.1) is 0 Å². The zero-order valence-electron chi connectivity index (χ0n) is 13.6. The summed E-state index contributed by atoms with van der Waals surface area (Å²) in [4.78, 5) is 23.9. The summed E-state index contributed by atoms with van der Waals surface area (Å²) in [7, 11) is 0. The van der Waals surface area contributed by atoms with Crippen molar-refractivity contribution < 1.29 is 9.59 Å². The lowest BCUT2D eigenvalue weighted by molar-refractivity contribution is -0.124. The van der Waals surface area contributed by atoms with Crippen LogP contribution >= 0.6 is 0 Å². The number of rotatable bonds is 6. The highest BCUT2D eigenvalue weighted by Gasteiger charge is 2.17. The fourth-order valence-corrected chi connectivity index (χ4v) is 2.97. The Morgan fingerprint density at radius 2 is 1.92 bits per heavy atom. The Kier molecular flexibility index (Phi) is 5.25. The zero-order valence-corrected chi connectivity index (χ0v) is 13.6. The highest BCUT2D eigenvalue weighted by atomic mass is 16.2. The number of anilines is 1. The average molecular weight is 326 g/mol. The maximum absolute atomic E-state index is 12.0. The number of hydrogen-bond donors (Lipinski definition) is 2.